The summed E-state index contributed by atoms with van der Waals surface area (Å²) in [6.45, 7) is 6.20. The SMILES string of the molecule is CC(C)N(C)Cc1ccc(CNC(=O)C2CCCN2C(=O)c2cc(Cl)cc(Cl)c2)cc1. The maximum absolute atomic E-state index is 12.9. The Hall–Kier alpha value is -2.08. The van der Waals surface area contributed by atoms with E-state index in [9.17, 15) is 9.59 Å². The van der Waals surface area contributed by atoms with E-state index in [0.29, 0.717) is 41.2 Å². The fourth-order valence-electron chi connectivity index (χ4n) is 3.67. The second kappa shape index (κ2) is 10.5. The Morgan fingerprint density at radius 3 is 2.32 bits per heavy atom. The van der Waals surface area contributed by atoms with E-state index in [1.54, 1.807) is 23.1 Å². The standard InChI is InChI=1S/C24H29Cl2N3O2/c1-16(2)28(3)15-18-8-6-17(7-9-18)14-27-23(30)22-5-4-10-29(22)24(31)19-11-20(25)13-21(26)12-19/h6-9,11-13,16,22H,4-5,10,14-15H2,1-3H3,(H,27,30). The quantitative estimate of drug-likeness (QED) is 0.646. The van der Waals surface area contributed by atoms with Crippen LogP contribution in [0, 0.1) is 0 Å². The van der Waals surface area contributed by atoms with Crippen LogP contribution in [0.25, 0.3) is 0 Å². The summed E-state index contributed by atoms with van der Waals surface area (Å²) in [6, 6.07) is 13.0. The molecule has 0 aliphatic carbocycles. The van der Waals surface area contributed by atoms with Crippen molar-refractivity contribution < 1.29 is 9.59 Å². The molecule has 0 bridgehead atoms. The molecular weight excluding hydrogens is 433 g/mol. The van der Waals surface area contributed by atoms with Crippen LogP contribution >= 0.6 is 23.2 Å². The van der Waals surface area contributed by atoms with E-state index in [1.807, 2.05) is 12.1 Å². The number of nitrogens with zero attached hydrogens (tertiary/aromatic N) is 2. The highest BCUT2D eigenvalue weighted by Crippen LogP contribution is 2.24. The molecule has 2 aromatic carbocycles. The monoisotopic (exact) mass is 461 g/mol. The van der Waals surface area contributed by atoms with Crippen LogP contribution in [0.1, 0.15) is 48.2 Å². The van der Waals surface area contributed by atoms with E-state index in [4.69, 9.17) is 23.2 Å². The normalized spacial score (nSPS) is 16.2. The Bertz CT molecular complexity index is 911. The van der Waals surface area contributed by atoms with Crippen LogP contribution in [0.2, 0.25) is 10.0 Å². The Kier molecular flexibility index (Phi) is 7.98. The molecule has 1 aliphatic rings. The van der Waals surface area contributed by atoms with Crippen molar-refractivity contribution >= 4 is 35.0 Å². The van der Waals surface area contributed by atoms with Gasteiger partial charge in [0.05, 0.1) is 0 Å². The van der Waals surface area contributed by atoms with Crippen LogP contribution in [0.15, 0.2) is 42.5 Å². The third-order valence-electron chi connectivity index (χ3n) is 5.73. The average Bonchev–Trinajstić information content (AvgIpc) is 3.21. The zero-order valence-corrected chi connectivity index (χ0v) is 19.7. The predicted octanol–water partition coefficient (Wildman–Crippen LogP) is 4.75. The van der Waals surface area contributed by atoms with Gasteiger partial charge in [0.25, 0.3) is 5.91 Å². The van der Waals surface area contributed by atoms with Gasteiger partial charge in [-0.3, -0.25) is 14.5 Å². The number of hydrogen-bond donors (Lipinski definition) is 1. The summed E-state index contributed by atoms with van der Waals surface area (Å²) in [5.41, 5.74) is 2.67. The van der Waals surface area contributed by atoms with Crippen molar-refractivity contribution in [1.29, 1.82) is 0 Å². The molecule has 0 saturated carbocycles. The molecule has 1 aliphatic heterocycles. The van der Waals surface area contributed by atoms with E-state index < -0.39 is 6.04 Å². The Balaban J connectivity index is 1.59. The summed E-state index contributed by atoms with van der Waals surface area (Å²) < 4.78 is 0. The van der Waals surface area contributed by atoms with Gasteiger partial charge in [-0.25, -0.2) is 0 Å². The van der Waals surface area contributed by atoms with Gasteiger partial charge in [-0.1, -0.05) is 47.5 Å². The Labute approximate surface area is 194 Å². The summed E-state index contributed by atoms with van der Waals surface area (Å²) in [5, 5.41) is 3.79. The van der Waals surface area contributed by atoms with E-state index in [2.05, 4.69) is 43.2 Å². The van der Waals surface area contributed by atoms with Crippen LogP contribution in [-0.2, 0) is 17.9 Å². The molecule has 166 valence electrons. The fraction of sp³-hybridized carbons (Fsp3) is 0.417. The molecule has 2 amide bonds. The number of halogens is 2. The molecule has 7 heteroatoms. The zero-order valence-electron chi connectivity index (χ0n) is 18.2. The minimum absolute atomic E-state index is 0.136. The highest BCUT2D eigenvalue weighted by Gasteiger charge is 2.34. The number of likely N-dealkylation sites (tertiary alicyclic amines) is 1. The largest absolute Gasteiger partial charge is 0.350 e. The lowest BCUT2D eigenvalue weighted by molar-refractivity contribution is -0.125. The summed E-state index contributed by atoms with van der Waals surface area (Å²) in [7, 11) is 2.10. The van der Waals surface area contributed by atoms with Crippen molar-refractivity contribution in [2.24, 2.45) is 0 Å². The summed E-state index contributed by atoms with van der Waals surface area (Å²) in [5.74, 6) is -0.358. The molecule has 2 aromatic rings. The van der Waals surface area contributed by atoms with Gasteiger partial charge in [0, 0.05) is 41.3 Å². The molecule has 0 spiro atoms. The predicted molar refractivity (Wildman–Crippen MR) is 125 cm³/mol. The van der Waals surface area contributed by atoms with Crippen molar-refractivity contribution in [2.45, 2.75) is 51.9 Å². The second-order valence-electron chi connectivity index (χ2n) is 8.36. The highest BCUT2D eigenvalue weighted by atomic mass is 35.5. The molecule has 1 N–H and O–H groups in total. The lowest BCUT2D eigenvalue weighted by Gasteiger charge is -2.24. The molecule has 1 saturated heterocycles. The topological polar surface area (TPSA) is 52.7 Å². The molecule has 1 unspecified atom stereocenters. The van der Waals surface area contributed by atoms with Crippen LogP contribution in [0.5, 0.6) is 0 Å². The van der Waals surface area contributed by atoms with E-state index in [-0.39, 0.29) is 11.8 Å². The van der Waals surface area contributed by atoms with Crippen molar-refractivity contribution in [1.82, 2.24) is 15.1 Å². The first-order valence-corrected chi connectivity index (χ1v) is 11.3. The molecule has 3 rings (SSSR count). The number of carbonyl (C=O) groups excluding carboxylic acids is 2. The molecule has 5 nitrogen and oxygen atoms in total. The maximum Gasteiger partial charge on any atom is 0.254 e. The van der Waals surface area contributed by atoms with Crippen molar-refractivity contribution in [3.05, 3.63) is 69.2 Å². The third-order valence-corrected chi connectivity index (χ3v) is 6.17. The number of benzene rings is 2. The molecule has 0 radical (unpaired) electrons. The van der Waals surface area contributed by atoms with Gasteiger partial charge in [-0.15, -0.1) is 0 Å². The van der Waals surface area contributed by atoms with Gasteiger partial charge in [0.1, 0.15) is 6.04 Å². The van der Waals surface area contributed by atoms with Gasteiger partial charge in [-0.05, 0) is 63.1 Å². The first-order valence-electron chi connectivity index (χ1n) is 10.6. The van der Waals surface area contributed by atoms with E-state index in [1.165, 1.54) is 5.56 Å². The zero-order chi connectivity index (χ0) is 22.5. The van der Waals surface area contributed by atoms with Gasteiger partial charge in [0.2, 0.25) is 5.91 Å². The first kappa shape index (κ1) is 23.6. The molecule has 0 aromatic heterocycles. The summed E-state index contributed by atoms with van der Waals surface area (Å²) in [4.78, 5) is 29.6. The molecule has 31 heavy (non-hydrogen) atoms. The van der Waals surface area contributed by atoms with Crippen LogP contribution in [-0.4, -0.2) is 47.3 Å². The summed E-state index contributed by atoms with van der Waals surface area (Å²) >= 11 is 12.1. The minimum atomic E-state index is -0.482. The Morgan fingerprint density at radius 1 is 1.10 bits per heavy atom. The van der Waals surface area contributed by atoms with Gasteiger partial charge >= 0.3 is 0 Å². The number of carbonyl (C=O) groups is 2. The lowest BCUT2D eigenvalue weighted by atomic mass is 10.1. The Morgan fingerprint density at radius 2 is 1.71 bits per heavy atom. The minimum Gasteiger partial charge on any atom is -0.350 e. The average molecular weight is 462 g/mol. The first-order chi connectivity index (χ1) is 14.7. The second-order valence-corrected chi connectivity index (χ2v) is 9.23. The van der Waals surface area contributed by atoms with Gasteiger partial charge in [0.15, 0.2) is 0 Å². The third kappa shape index (κ3) is 6.22. The van der Waals surface area contributed by atoms with Gasteiger partial charge < -0.3 is 10.2 Å². The maximum atomic E-state index is 12.9. The number of rotatable bonds is 7. The number of amides is 2. The van der Waals surface area contributed by atoms with Crippen molar-refractivity contribution in [2.75, 3.05) is 13.6 Å². The van der Waals surface area contributed by atoms with Gasteiger partial charge in [-0.2, -0.15) is 0 Å². The van der Waals surface area contributed by atoms with Crippen molar-refractivity contribution in [3.63, 3.8) is 0 Å². The fourth-order valence-corrected chi connectivity index (χ4v) is 4.19. The van der Waals surface area contributed by atoms with Crippen molar-refractivity contribution in [3.8, 4) is 0 Å². The summed E-state index contributed by atoms with van der Waals surface area (Å²) in [6.07, 6.45) is 1.43. The van der Waals surface area contributed by atoms with Crippen LogP contribution < -0.4 is 5.32 Å². The highest BCUT2D eigenvalue weighted by molar-refractivity contribution is 6.35. The van der Waals surface area contributed by atoms with Crippen LogP contribution in [0.3, 0.4) is 0 Å². The van der Waals surface area contributed by atoms with E-state index >= 15 is 0 Å². The molecular formula is C24H29Cl2N3O2. The smallest absolute Gasteiger partial charge is 0.254 e. The molecule has 1 fully saturated rings. The lowest BCUT2D eigenvalue weighted by Crippen LogP contribution is -2.45. The number of nitrogens with one attached hydrogen (secondary N) is 1. The molecule has 1 atom stereocenters. The van der Waals surface area contributed by atoms with Crippen LogP contribution in [0.4, 0.5) is 0 Å². The number of hydrogen-bond acceptors (Lipinski definition) is 3. The van der Waals surface area contributed by atoms with E-state index in [0.717, 1.165) is 18.5 Å². The molecule has 1 heterocycles.